The van der Waals surface area contributed by atoms with Gasteiger partial charge in [-0.05, 0) is 49.2 Å². The Morgan fingerprint density at radius 3 is 2.67 bits per heavy atom. The van der Waals surface area contributed by atoms with Gasteiger partial charge in [-0.15, -0.1) is 0 Å². The predicted molar refractivity (Wildman–Crippen MR) is 108 cm³/mol. The van der Waals surface area contributed by atoms with Gasteiger partial charge in [0.15, 0.2) is 5.82 Å². The number of pyridine rings is 1. The topological polar surface area (TPSA) is 85.0 Å². The molecule has 2 N–H and O–H groups in total. The third-order valence-corrected chi connectivity index (χ3v) is 5.34. The second-order valence-corrected chi connectivity index (χ2v) is 7.45. The van der Waals surface area contributed by atoms with E-state index in [4.69, 9.17) is 5.73 Å². The van der Waals surface area contributed by atoms with E-state index in [1.807, 2.05) is 6.92 Å². The largest absolute Gasteiger partial charge is 0.397 e. The number of amides is 1. The molecule has 4 rings (SSSR count). The zero-order valence-electron chi connectivity index (χ0n) is 16.5. The van der Waals surface area contributed by atoms with Crippen LogP contribution in [0.1, 0.15) is 29.4 Å². The molecule has 1 aliphatic heterocycles. The molecule has 0 radical (unpaired) electrons. The molecule has 1 saturated heterocycles. The maximum Gasteiger partial charge on any atom is 0.228 e. The molecule has 1 atom stereocenters. The fraction of sp³-hybridized carbons (Fsp3) is 0.273. The number of anilines is 1. The van der Waals surface area contributed by atoms with E-state index in [1.165, 1.54) is 12.1 Å². The molecule has 8 heteroatoms. The van der Waals surface area contributed by atoms with Crippen molar-refractivity contribution in [2.24, 2.45) is 0 Å². The number of benzene rings is 1. The van der Waals surface area contributed by atoms with Crippen molar-refractivity contribution < 1.29 is 13.6 Å². The molecule has 3 aromatic rings. The molecule has 30 heavy (non-hydrogen) atoms. The van der Waals surface area contributed by atoms with Crippen molar-refractivity contribution in [1.82, 2.24) is 19.9 Å². The van der Waals surface area contributed by atoms with Gasteiger partial charge in [-0.25, -0.2) is 18.7 Å². The van der Waals surface area contributed by atoms with Crippen LogP contribution >= 0.6 is 0 Å². The molecule has 1 fully saturated rings. The number of carbonyl (C=O) groups is 1. The van der Waals surface area contributed by atoms with Crippen LogP contribution in [0.25, 0.3) is 11.3 Å². The highest BCUT2D eigenvalue weighted by atomic mass is 19.1. The zero-order valence-corrected chi connectivity index (χ0v) is 16.5. The molecule has 6 nitrogen and oxygen atoms in total. The molecule has 1 aromatic carbocycles. The number of likely N-dealkylation sites (tertiary alicyclic amines) is 1. The van der Waals surface area contributed by atoms with E-state index in [0.29, 0.717) is 36.0 Å². The average molecular weight is 409 g/mol. The Bertz CT molecular complexity index is 1090. The highest BCUT2D eigenvalue weighted by Crippen LogP contribution is 2.27. The first-order valence-corrected chi connectivity index (χ1v) is 9.68. The van der Waals surface area contributed by atoms with Crippen molar-refractivity contribution in [3.8, 4) is 11.3 Å². The number of hydrogen-bond donors (Lipinski definition) is 1. The molecule has 0 saturated carbocycles. The molecule has 154 valence electrons. The van der Waals surface area contributed by atoms with Gasteiger partial charge in [-0.1, -0.05) is 0 Å². The Morgan fingerprint density at radius 1 is 1.17 bits per heavy atom. The number of aromatic nitrogens is 3. The monoisotopic (exact) mass is 409 g/mol. The standard InChI is InChI=1S/C22H21F2N5O/c1-13-8-15(23)2-3-17(13)19-5-4-18(25)20(28-19)9-21(30)29-7-6-14(12-29)22-26-10-16(24)11-27-22/h2-5,8,10-11,14H,6-7,9,12,25H2,1H3. The minimum Gasteiger partial charge on any atom is -0.397 e. The first kappa shape index (κ1) is 19.9. The highest BCUT2D eigenvalue weighted by molar-refractivity contribution is 5.80. The van der Waals surface area contributed by atoms with Gasteiger partial charge in [0, 0.05) is 24.6 Å². The first-order chi connectivity index (χ1) is 14.4. The molecule has 0 bridgehead atoms. The Hall–Kier alpha value is -3.42. The number of halogens is 2. The van der Waals surface area contributed by atoms with Crippen molar-refractivity contribution in [3.05, 3.63) is 71.4 Å². The summed E-state index contributed by atoms with van der Waals surface area (Å²) in [5, 5.41) is 0. The lowest BCUT2D eigenvalue weighted by Gasteiger charge is -2.17. The normalized spacial score (nSPS) is 16.1. The van der Waals surface area contributed by atoms with Crippen LogP contribution < -0.4 is 5.73 Å². The first-order valence-electron chi connectivity index (χ1n) is 9.68. The Balaban J connectivity index is 1.49. The Kier molecular flexibility index (Phi) is 5.39. The molecule has 1 unspecified atom stereocenters. The predicted octanol–water partition coefficient (Wildman–Crippen LogP) is 3.27. The summed E-state index contributed by atoms with van der Waals surface area (Å²) in [7, 11) is 0. The molecular weight excluding hydrogens is 388 g/mol. The van der Waals surface area contributed by atoms with Gasteiger partial charge < -0.3 is 10.6 Å². The number of rotatable bonds is 4. The van der Waals surface area contributed by atoms with Gasteiger partial charge in [-0.2, -0.15) is 0 Å². The third kappa shape index (κ3) is 4.12. The lowest BCUT2D eigenvalue weighted by molar-refractivity contribution is -0.129. The van der Waals surface area contributed by atoms with Crippen LogP contribution in [0, 0.1) is 18.6 Å². The second kappa shape index (κ2) is 8.14. The molecule has 0 aliphatic carbocycles. The quantitative estimate of drug-likeness (QED) is 0.715. The SMILES string of the molecule is Cc1cc(F)ccc1-c1ccc(N)c(CC(=O)N2CCC(c3ncc(F)cn3)C2)n1. The van der Waals surface area contributed by atoms with E-state index in [9.17, 15) is 13.6 Å². The minimum atomic E-state index is -0.484. The molecule has 1 aliphatic rings. The average Bonchev–Trinajstić information content (AvgIpc) is 3.21. The molecule has 1 amide bonds. The van der Waals surface area contributed by atoms with Crippen LogP contribution in [0.4, 0.5) is 14.5 Å². The van der Waals surface area contributed by atoms with E-state index in [0.717, 1.165) is 29.9 Å². The highest BCUT2D eigenvalue weighted by Gasteiger charge is 2.29. The van der Waals surface area contributed by atoms with Crippen molar-refractivity contribution in [2.45, 2.75) is 25.7 Å². The molecule has 0 spiro atoms. The van der Waals surface area contributed by atoms with Crippen molar-refractivity contribution >= 4 is 11.6 Å². The van der Waals surface area contributed by atoms with Crippen molar-refractivity contribution in [1.29, 1.82) is 0 Å². The summed E-state index contributed by atoms with van der Waals surface area (Å²) in [6, 6.07) is 7.98. The van der Waals surface area contributed by atoms with E-state index < -0.39 is 5.82 Å². The molecule has 2 aromatic heterocycles. The van der Waals surface area contributed by atoms with E-state index >= 15 is 0 Å². The minimum absolute atomic E-state index is 0.0203. The number of hydrogen-bond acceptors (Lipinski definition) is 5. The van der Waals surface area contributed by atoms with Gasteiger partial charge in [0.05, 0.1) is 35.9 Å². The third-order valence-electron chi connectivity index (χ3n) is 5.34. The number of nitrogens with two attached hydrogens (primary N) is 1. The fourth-order valence-electron chi connectivity index (χ4n) is 3.70. The molecular formula is C22H21F2N5O. The van der Waals surface area contributed by atoms with Crippen LogP contribution in [-0.2, 0) is 11.2 Å². The summed E-state index contributed by atoms with van der Waals surface area (Å²) in [5.41, 5.74) is 9.17. The summed E-state index contributed by atoms with van der Waals surface area (Å²) >= 11 is 0. The van der Waals surface area contributed by atoms with Crippen LogP contribution in [0.15, 0.2) is 42.7 Å². The summed E-state index contributed by atoms with van der Waals surface area (Å²) in [6.07, 6.45) is 3.06. The lowest BCUT2D eigenvalue weighted by atomic mass is 10.0. The van der Waals surface area contributed by atoms with Gasteiger partial charge in [0.1, 0.15) is 11.6 Å². The van der Waals surface area contributed by atoms with E-state index in [2.05, 4.69) is 15.0 Å². The maximum absolute atomic E-state index is 13.4. The fourth-order valence-corrected chi connectivity index (χ4v) is 3.70. The Labute approximate surface area is 172 Å². The lowest BCUT2D eigenvalue weighted by Crippen LogP contribution is -2.30. The van der Waals surface area contributed by atoms with Crippen LogP contribution in [0.3, 0.4) is 0 Å². The van der Waals surface area contributed by atoms with E-state index in [-0.39, 0.29) is 24.1 Å². The second-order valence-electron chi connectivity index (χ2n) is 7.45. The maximum atomic E-state index is 13.4. The Morgan fingerprint density at radius 2 is 1.93 bits per heavy atom. The van der Waals surface area contributed by atoms with Gasteiger partial charge in [-0.3, -0.25) is 9.78 Å². The van der Waals surface area contributed by atoms with Gasteiger partial charge >= 0.3 is 0 Å². The van der Waals surface area contributed by atoms with Crippen LogP contribution in [0.2, 0.25) is 0 Å². The van der Waals surface area contributed by atoms with Crippen LogP contribution in [-0.4, -0.2) is 38.8 Å². The number of nitrogens with zero attached hydrogens (tertiary/aromatic N) is 4. The van der Waals surface area contributed by atoms with E-state index in [1.54, 1.807) is 23.1 Å². The smallest absolute Gasteiger partial charge is 0.228 e. The van der Waals surface area contributed by atoms with Gasteiger partial charge in [0.2, 0.25) is 5.91 Å². The number of aryl methyl sites for hydroxylation is 1. The van der Waals surface area contributed by atoms with Crippen molar-refractivity contribution in [2.75, 3.05) is 18.8 Å². The number of nitrogen functional groups attached to an aromatic ring is 1. The van der Waals surface area contributed by atoms with Crippen molar-refractivity contribution in [3.63, 3.8) is 0 Å². The van der Waals surface area contributed by atoms with Gasteiger partial charge in [0.25, 0.3) is 0 Å². The number of carbonyl (C=O) groups excluding carboxylic acids is 1. The van der Waals surface area contributed by atoms with Crippen LogP contribution in [0.5, 0.6) is 0 Å². The molecule has 3 heterocycles. The summed E-state index contributed by atoms with van der Waals surface area (Å²) in [4.78, 5) is 27.2. The summed E-state index contributed by atoms with van der Waals surface area (Å²) in [5.74, 6) is -0.365. The zero-order chi connectivity index (χ0) is 21.3. The summed E-state index contributed by atoms with van der Waals surface area (Å²) in [6.45, 7) is 2.85. The summed E-state index contributed by atoms with van der Waals surface area (Å²) < 4.78 is 26.4.